The standard InChI is InChI=1S/C19H29FO2Si/c1-18(2,3)23(4,5)22-17-10-12-19(14-21,13-11-17)15-6-8-16(20)9-7-15/h6-9,14,17H,10-13H2,1-5H3. The van der Waals surface area contributed by atoms with Crippen molar-refractivity contribution in [2.75, 3.05) is 0 Å². The third-order valence-corrected chi connectivity index (χ3v) is 10.3. The van der Waals surface area contributed by atoms with Crippen molar-refractivity contribution in [1.82, 2.24) is 0 Å². The molecule has 0 atom stereocenters. The van der Waals surface area contributed by atoms with Crippen LogP contribution in [0.2, 0.25) is 18.1 Å². The van der Waals surface area contributed by atoms with Crippen LogP contribution in [-0.4, -0.2) is 20.7 Å². The third-order valence-electron chi connectivity index (χ3n) is 5.74. The Morgan fingerprint density at radius 2 is 1.70 bits per heavy atom. The highest BCUT2D eigenvalue weighted by Gasteiger charge is 2.42. The van der Waals surface area contributed by atoms with Crippen LogP contribution < -0.4 is 0 Å². The molecule has 0 bridgehead atoms. The lowest BCUT2D eigenvalue weighted by molar-refractivity contribution is -0.114. The molecule has 0 heterocycles. The number of benzene rings is 1. The van der Waals surface area contributed by atoms with Crippen LogP contribution in [-0.2, 0) is 14.6 Å². The van der Waals surface area contributed by atoms with Gasteiger partial charge in [0.05, 0.1) is 5.41 Å². The van der Waals surface area contributed by atoms with E-state index in [2.05, 4.69) is 33.9 Å². The Labute approximate surface area is 140 Å². The molecule has 2 nitrogen and oxygen atoms in total. The smallest absolute Gasteiger partial charge is 0.192 e. The third kappa shape index (κ3) is 3.91. The van der Waals surface area contributed by atoms with Gasteiger partial charge in [-0.25, -0.2) is 4.39 Å². The van der Waals surface area contributed by atoms with Crippen LogP contribution in [0.25, 0.3) is 0 Å². The molecular formula is C19H29FO2Si. The summed E-state index contributed by atoms with van der Waals surface area (Å²) >= 11 is 0. The summed E-state index contributed by atoms with van der Waals surface area (Å²) in [4.78, 5) is 11.8. The minimum Gasteiger partial charge on any atom is -0.414 e. The van der Waals surface area contributed by atoms with Crippen LogP contribution in [0, 0.1) is 5.82 Å². The maximum atomic E-state index is 13.1. The largest absolute Gasteiger partial charge is 0.414 e. The Morgan fingerprint density at radius 1 is 1.17 bits per heavy atom. The first-order valence-electron chi connectivity index (χ1n) is 8.50. The van der Waals surface area contributed by atoms with Gasteiger partial charge in [-0.1, -0.05) is 32.9 Å². The highest BCUT2D eigenvalue weighted by atomic mass is 28.4. The van der Waals surface area contributed by atoms with Gasteiger partial charge in [0.1, 0.15) is 12.1 Å². The van der Waals surface area contributed by atoms with Gasteiger partial charge in [0.2, 0.25) is 0 Å². The van der Waals surface area contributed by atoms with Crippen LogP contribution in [0.4, 0.5) is 4.39 Å². The molecule has 1 aliphatic rings. The number of rotatable bonds is 4. The molecule has 1 aromatic carbocycles. The summed E-state index contributed by atoms with van der Waals surface area (Å²) in [6.07, 6.45) is 4.64. The van der Waals surface area contributed by atoms with Crippen LogP contribution in [0.5, 0.6) is 0 Å². The molecule has 4 heteroatoms. The van der Waals surface area contributed by atoms with E-state index in [1.165, 1.54) is 12.1 Å². The number of aldehydes is 1. The molecule has 0 unspecified atom stereocenters. The lowest BCUT2D eigenvalue weighted by Crippen LogP contribution is -2.46. The second-order valence-corrected chi connectivity index (χ2v) is 13.1. The van der Waals surface area contributed by atoms with Crippen LogP contribution in [0.1, 0.15) is 52.0 Å². The number of carbonyl (C=O) groups is 1. The topological polar surface area (TPSA) is 26.3 Å². The quantitative estimate of drug-likeness (QED) is 0.556. The Balaban J connectivity index is 2.07. The van der Waals surface area contributed by atoms with Gasteiger partial charge in [-0.2, -0.15) is 0 Å². The fourth-order valence-corrected chi connectivity index (χ4v) is 4.50. The van der Waals surface area contributed by atoms with E-state index < -0.39 is 13.7 Å². The predicted molar refractivity (Wildman–Crippen MR) is 94.7 cm³/mol. The first kappa shape index (κ1) is 18.3. The molecule has 23 heavy (non-hydrogen) atoms. The van der Waals surface area contributed by atoms with Gasteiger partial charge in [0.15, 0.2) is 8.32 Å². The second-order valence-electron chi connectivity index (χ2n) is 8.36. The van der Waals surface area contributed by atoms with Crippen molar-refractivity contribution in [2.45, 2.75) is 76.1 Å². The van der Waals surface area contributed by atoms with Crippen molar-refractivity contribution >= 4 is 14.6 Å². The summed E-state index contributed by atoms with van der Waals surface area (Å²) in [5.41, 5.74) is 0.459. The van der Waals surface area contributed by atoms with Gasteiger partial charge < -0.3 is 9.22 Å². The van der Waals surface area contributed by atoms with Crippen LogP contribution >= 0.6 is 0 Å². The molecular weight excluding hydrogens is 307 g/mol. The Kier molecular flexibility index (Phi) is 5.17. The summed E-state index contributed by atoms with van der Waals surface area (Å²) in [5.74, 6) is -0.259. The van der Waals surface area contributed by atoms with Gasteiger partial charge in [-0.3, -0.25) is 0 Å². The first-order valence-corrected chi connectivity index (χ1v) is 11.4. The average molecular weight is 337 g/mol. The molecule has 0 aliphatic heterocycles. The van der Waals surface area contributed by atoms with Crippen molar-refractivity contribution < 1.29 is 13.6 Å². The zero-order valence-corrected chi connectivity index (χ0v) is 16.0. The van der Waals surface area contributed by atoms with Gasteiger partial charge in [-0.15, -0.1) is 0 Å². The minimum absolute atomic E-state index is 0.198. The molecule has 1 aromatic rings. The second kappa shape index (κ2) is 6.48. The molecule has 0 saturated heterocycles. The van der Waals surface area contributed by atoms with Crippen molar-refractivity contribution in [3.63, 3.8) is 0 Å². The highest BCUT2D eigenvalue weighted by molar-refractivity contribution is 6.74. The van der Waals surface area contributed by atoms with Gasteiger partial charge in [0.25, 0.3) is 0 Å². The summed E-state index contributed by atoms with van der Waals surface area (Å²) in [6, 6.07) is 6.38. The molecule has 0 spiro atoms. The van der Waals surface area contributed by atoms with Crippen molar-refractivity contribution in [3.05, 3.63) is 35.6 Å². The zero-order valence-electron chi connectivity index (χ0n) is 15.0. The Morgan fingerprint density at radius 3 is 2.13 bits per heavy atom. The molecule has 128 valence electrons. The number of carbonyl (C=O) groups excluding carboxylic acids is 1. The fourth-order valence-electron chi connectivity index (χ4n) is 3.07. The molecule has 0 aromatic heterocycles. The summed E-state index contributed by atoms with van der Waals surface area (Å²) < 4.78 is 19.6. The minimum atomic E-state index is -1.77. The molecule has 0 amide bonds. The normalized spacial score (nSPS) is 26.1. The van der Waals surface area contributed by atoms with Crippen molar-refractivity contribution in [2.24, 2.45) is 0 Å². The molecule has 1 saturated carbocycles. The van der Waals surface area contributed by atoms with E-state index in [4.69, 9.17) is 4.43 Å². The first-order chi connectivity index (χ1) is 10.6. The van der Waals surface area contributed by atoms with E-state index in [0.717, 1.165) is 37.5 Å². The molecule has 0 N–H and O–H groups in total. The van der Waals surface area contributed by atoms with E-state index >= 15 is 0 Å². The molecule has 1 aliphatic carbocycles. The van der Waals surface area contributed by atoms with Crippen LogP contribution in [0.3, 0.4) is 0 Å². The van der Waals surface area contributed by atoms with E-state index in [-0.39, 0.29) is 17.0 Å². The molecule has 0 radical (unpaired) electrons. The average Bonchev–Trinajstić information content (AvgIpc) is 2.48. The summed E-state index contributed by atoms with van der Waals surface area (Å²) in [6.45, 7) is 11.3. The highest BCUT2D eigenvalue weighted by Crippen LogP contribution is 2.43. The molecule has 2 rings (SSSR count). The van der Waals surface area contributed by atoms with E-state index in [1.807, 2.05) is 0 Å². The lowest BCUT2D eigenvalue weighted by atomic mass is 9.70. The Hall–Kier alpha value is -1.00. The van der Waals surface area contributed by atoms with E-state index in [1.54, 1.807) is 12.1 Å². The lowest BCUT2D eigenvalue weighted by Gasteiger charge is -2.43. The summed E-state index contributed by atoms with van der Waals surface area (Å²) in [7, 11) is -1.77. The summed E-state index contributed by atoms with van der Waals surface area (Å²) in [5, 5.41) is 0.198. The van der Waals surface area contributed by atoms with Crippen LogP contribution in [0.15, 0.2) is 24.3 Å². The van der Waals surface area contributed by atoms with Gasteiger partial charge in [-0.05, 0) is 61.5 Å². The van der Waals surface area contributed by atoms with Gasteiger partial charge in [0, 0.05) is 6.10 Å². The monoisotopic (exact) mass is 336 g/mol. The SMILES string of the molecule is CC(C)(C)[Si](C)(C)OC1CCC(C=O)(c2ccc(F)cc2)CC1. The van der Waals surface area contributed by atoms with Gasteiger partial charge >= 0.3 is 0 Å². The fraction of sp³-hybridized carbons (Fsp3) is 0.632. The number of hydrogen-bond acceptors (Lipinski definition) is 2. The van der Waals surface area contributed by atoms with Crippen molar-refractivity contribution in [3.8, 4) is 0 Å². The van der Waals surface area contributed by atoms with Crippen molar-refractivity contribution in [1.29, 1.82) is 0 Å². The van der Waals surface area contributed by atoms with E-state index in [0.29, 0.717) is 0 Å². The molecule has 1 fully saturated rings. The maximum Gasteiger partial charge on any atom is 0.192 e. The predicted octanol–water partition coefficient (Wildman–Crippen LogP) is 5.23. The zero-order chi connectivity index (χ0) is 17.3. The Bertz CT molecular complexity index is 537. The maximum absolute atomic E-state index is 13.1. The number of halogens is 1. The van der Waals surface area contributed by atoms with E-state index in [9.17, 15) is 9.18 Å². The number of hydrogen-bond donors (Lipinski definition) is 0.